The summed E-state index contributed by atoms with van der Waals surface area (Å²) < 4.78 is 4.81. The Morgan fingerprint density at radius 3 is 2.57 bits per heavy atom. The molecule has 0 fully saturated rings. The Bertz CT molecular complexity index is 187. The van der Waals surface area contributed by atoms with Crippen molar-refractivity contribution in [3.8, 4) is 0 Å². The molecule has 0 spiro atoms. The van der Waals surface area contributed by atoms with Crippen molar-refractivity contribution in [2.24, 2.45) is 5.92 Å². The van der Waals surface area contributed by atoms with Crippen molar-refractivity contribution in [2.75, 3.05) is 0 Å². The van der Waals surface area contributed by atoms with Crippen LogP contribution in [0.4, 0.5) is 0 Å². The molecule has 0 aromatic carbocycles. The Morgan fingerprint density at radius 1 is 1.43 bits per heavy atom. The highest BCUT2D eigenvalue weighted by atomic mass is 16.6. The van der Waals surface area contributed by atoms with Crippen LogP contribution in [0, 0.1) is 5.92 Å². The standard InChI is InChI=1S/C11H20O3/c1-4-6-7-8-10(12)14-11(13)9(3)5-2/h6-7,9-10,12H,4-5,8H2,1-3H3/b7-6+. The predicted octanol–water partition coefficient (Wildman–Crippen LogP) is 2.25. The van der Waals surface area contributed by atoms with Crippen LogP contribution in [0.2, 0.25) is 0 Å². The van der Waals surface area contributed by atoms with Crippen molar-refractivity contribution in [3.63, 3.8) is 0 Å². The quantitative estimate of drug-likeness (QED) is 0.406. The molecular formula is C11H20O3. The zero-order valence-corrected chi connectivity index (χ0v) is 9.19. The second-order valence-electron chi connectivity index (χ2n) is 3.32. The van der Waals surface area contributed by atoms with Gasteiger partial charge in [-0.3, -0.25) is 4.79 Å². The van der Waals surface area contributed by atoms with Crippen LogP contribution in [0.1, 0.15) is 40.0 Å². The van der Waals surface area contributed by atoms with Gasteiger partial charge in [-0.25, -0.2) is 0 Å². The largest absolute Gasteiger partial charge is 0.435 e. The van der Waals surface area contributed by atoms with Crippen molar-refractivity contribution in [2.45, 2.75) is 46.3 Å². The molecule has 0 heterocycles. The Morgan fingerprint density at radius 2 is 2.07 bits per heavy atom. The van der Waals surface area contributed by atoms with E-state index in [1.165, 1.54) is 0 Å². The summed E-state index contributed by atoms with van der Waals surface area (Å²) in [5.41, 5.74) is 0. The lowest BCUT2D eigenvalue weighted by atomic mass is 10.1. The van der Waals surface area contributed by atoms with Gasteiger partial charge in [0.15, 0.2) is 0 Å². The Hall–Kier alpha value is -0.830. The molecule has 0 aliphatic rings. The lowest BCUT2D eigenvalue weighted by Gasteiger charge is -2.13. The number of esters is 1. The van der Waals surface area contributed by atoms with Gasteiger partial charge >= 0.3 is 5.97 Å². The molecule has 0 radical (unpaired) electrons. The zero-order chi connectivity index (χ0) is 11.0. The van der Waals surface area contributed by atoms with Gasteiger partial charge in [0, 0.05) is 6.42 Å². The van der Waals surface area contributed by atoms with E-state index < -0.39 is 6.29 Å². The molecule has 0 aliphatic heterocycles. The van der Waals surface area contributed by atoms with Crippen LogP contribution < -0.4 is 0 Å². The number of ether oxygens (including phenoxy) is 1. The van der Waals surface area contributed by atoms with E-state index in [0.717, 1.165) is 12.8 Å². The fourth-order valence-corrected chi connectivity index (χ4v) is 0.844. The fourth-order valence-electron chi connectivity index (χ4n) is 0.844. The number of allylic oxidation sites excluding steroid dienone is 1. The molecule has 2 atom stereocenters. The minimum atomic E-state index is -1.00. The zero-order valence-electron chi connectivity index (χ0n) is 9.19. The smallest absolute Gasteiger partial charge is 0.310 e. The molecular weight excluding hydrogens is 180 g/mol. The first kappa shape index (κ1) is 13.2. The number of aliphatic hydroxyl groups excluding tert-OH is 1. The highest BCUT2D eigenvalue weighted by Gasteiger charge is 2.15. The van der Waals surface area contributed by atoms with Crippen LogP contribution >= 0.6 is 0 Å². The maximum Gasteiger partial charge on any atom is 0.310 e. The summed E-state index contributed by atoms with van der Waals surface area (Å²) in [5, 5.41) is 9.30. The third-order valence-electron chi connectivity index (χ3n) is 2.01. The minimum Gasteiger partial charge on any atom is -0.435 e. The molecule has 0 aromatic rings. The summed E-state index contributed by atoms with van der Waals surface area (Å²) in [7, 11) is 0. The van der Waals surface area contributed by atoms with Crippen molar-refractivity contribution in [1.29, 1.82) is 0 Å². The average Bonchev–Trinajstić information content (AvgIpc) is 2.16. The second-order valence-corrected chi connectivity index (χ2v) is 3.32. The minimum absolute atomic E-state index is 0.139. The summed E-state index contributed by atoms with van der Waals surface area (Å²) >= 11 is 0. The topological polar surface area (TPSA) is 46.5 Å². The van der Waals surface area contributed by atoms with Gasteiger partial charge in [-0.05, 0) is 12.8 Å². The first-order valence-electron chi connectivity index (χ1n) is 5.15. The lowest BCUT2D eigenvalue weighted by Crippen LogP contribution is -2.21. The van der Waals surface area contributed by atoms with Crippen LogP contribution in [-0.4, -0.2) is 17.4 Å². The summed E-state index contributed by atoms with van der Waals surface area (Å²) in [5.74, 6) is -0.468. The maximum atomic E-state index is 11.2. The van der Waals surface area contributed by atoms with Gasteiger partial charge in [0.1, 0.15) is 0 Å². The summed E-state index contributed by atoms with van der Waals surface area (Å²) in [6.07, 6.45) is 4.77. The number of aliphatic hydroxyl groups is 1. The Kier molecular flexibility index (Phi) is 7.11. The third-order valence-corrected chi connectivity index (χ3v) is 2.01. The number of hydrogen-bond donors (Lipinski definition) is 1. The molecule has 1 N–H and O–H groups in total. The van der Waals surface area contributed by atoms with Crippen molar-refractivity contribution in [1.82, 2.24) is 0 Å². The summed E-state index contributed by atoms with van der Waals surface area (Å²) in [4.78, 5) is 11.2. The average molecular weight is 200 g/mol. The van der Waals surface area contributed by atoms with Crippen LogP contribution in [0.3, 0.4) is 0 Å². The van der Waals surface area contributed by atoms with Crippen molar-refractivity contribution in [3.05, 3.63) is 12.2 Å². The van der Waals surface area contributed by atoms with Crippen LogP contribution in [0.5, 0.6) is 0 Å². The monoisotopic (exact) mass is 200 g/mol. The van der Waals surface area contributed by atoms with E-state index in [1.807, 2.05) is 26.0 Å². The van der Waals surface area contributed by atoms with Gasteiger partial charge in [-0.1, -0.05) is 32.9 Å². The molecule has 0 saturated heterocycles. The first-order valence-corrected chi connectivity index (χ1v) is 5.15. The van der Waals surface area contributed by atoms with E-state index in [1.54, 1.807) is 6.92 Å². The van der Waals surface area contributed by atoms with Gasteiger partial charge in [-0.2, -0.15) is 0 Å². The predicted molar refractivity (Wildman–Crippen MR) is 55.6 cm³/mol. The highest BCUT2D eigenvalue weighted by Crippen LogP contribution is 2.06. The molecule has 0 aliphatic carbocycles. The molecule has 0 rings (SSSR count). The Balaban J connectivity index is 3.76. The van der Waals surface area contributed by atoms with Gasteiger partial charge in [0.25, 0.3) is 0 Å². The van der Waals surface area contributed by atoms with Gasteiger partial charge < -0.3 is 9.84 Å². The van der Waals surface area contributed by atoms with E-state index in [9.17, 15) is 9.90 Å². The number of carbonyl (C=O) groups excluding carboxylic acids is 1. The third kappa shape index (κ3) is 5.75. The molecule has 82 valence electrons. The highest BCUT2D eigenvalue weighted by molar-refractivity contribution is 5.71. The summed E-state index contributed by atoms with van der Waals surface area (Å²) in [6.45, 7) is 5.71. The Labute approximate surface area is 85.8 Å². The summed E-state index contributed by atoms with van der Waals surface area (Å²) in [6, 6.07) is 0. The first-order chi connectivity index (χ1) is 6.61. The SMILES string of the molecule is CC/C=C/CC(O)OC(=O)C(C)CC. The lowest BCUT2D eigenvalue weighted by molar-refractivity contribution is -0.171. The normalized spacial score (nSPS) is 15.4. The fraction of sp³-hybridized carbons (Fsp3) is 0.727. The molecule has 0 aromatic heterocycles. The molecule has 0 amide bonds. The molecule has 2 unspecified atom stereocenters. The van der Waals surface area contributed by atoms with Gasteiger partial charge in [-0.15, -0.1) is 0 Å². The van der Waals surface area contributed by atoms with E-state index in [2.05, 4.69) is 0 Å². The number of rotatable bonds is 6. The van der Waals surface area contributed by atoms with E-state index >= 15 is 0 Å². The van der Waals surface area contributed by atoms with Crippen LogP contribution in [-0.2, 0) is 9.53 Å². The van der Waals surface area contributed by atoms with Gasteiger partial charge in [0.05, 0.1) is 5.92 Å². The van der Waals surface area contributed by atoms with E-state index in [-0.39, 0.29) is 11.9 Å². The number of carbonyl (C=O) groups is 1. The molecule has 3 heteroatoms. The van der Waals surface area contributed by atoms with E-state index in [4.69, 9.17) is 4.74 Å². The van der Waals surface area contributed by atoms with Crippen LogP contribution in [0.15, 0.2) is 12.2 Å². The number of hydrogen-bond acceptors (Lipinski definition) is 3. The van der Waals surface area contributed by atoms with Crippen molar-refractivity contribution < 1.29 is 14.6 Å². The molecule has 0 saturated carbocycles. The van der Waals surface area contributed by atoms with E-state index in [0.29, 0.717) is 6.42 Å². The molecule has 14 heavy (non-hydrogen) atoms. The van der Waals surface area contributed by atoms with Gasteiger partial charge in [0.2, 0.25) is 6.29 Å². The molecule has 3 nitrogen and oxygen atoms in total. The van der Waals surface area contributed by atoms with Crippen LogP contribution in [0.25, 0.3) is 0 Å². The second kappa shape index (κ2) is 7.56. The molecule has 0 bridgehead atoms. The maximum absolute atomic E-state index is 11.2. The van der Waals surface area contributed by atoms with Crippen molar-refractivity contribution >= 4 is 5.97 Å².